The van der Waals surface area contributed by atoms with Gasteiger partial charge in [0.2, 0.25) is 0 Å². The molecule has 2 rings (SSSR count). The number of hydrogen-bond donors (Lipinski definition) is 3. The lowest BCUT2D eigenvalue weighted by atomic mass is 9.77. The van der Waals surface area contributed by atoms with Crippen LogP contribution in [0.15, 0.2) is 0 Å². The first kappa shape index (κ1) is 12.2. The summed E-state index contributed by atoms with van der Waals surface area (Å²) in [5.41, 5.74) is 7.40. The predicted molar refractivity (Wildman–Crippen MR) is 69.1 cm³/mol. The van der Waals surface area contributed by atoms with Crippen LogP contribution in [0.3, 0.4) is 0 Å². The Morgan fingerprint density at radius 3 is 2.59 bits per heavy atom. The van der Waals surface area contributed by atoms with E-state index in [0.717, 1.165) is 30.8 Å². The molecule has 0 aromatic carbocycles. The number of nitrogens with two attached hydrogens (primary N) is 1. The lowest BCUT2D eigenvalue weighted by Gasteiger charge is -2.42. The van der Waals surface area contributed by atoms with E-state index < -0.39 is 0 Å². The van der Waals surface area contributed by atoms with Crippen molar-refractivity contribution in [2.75, 3.05) is 17.7 Å². The van der Waals surface area contributed by atoms with E-state index in [-0.39, 0.29) is 18.2 Å². The normalized spacial score (nSPS) is 18.2. The highest BCUT2D eigenvalue weighted by Crippen LogP contribution is 2.37. The number of hydrogen-bond acceptors (Lipinski definition) is 4. The molecule has 96 valence electrons. The van der Waals surface area contributed by atoms with E-state index in [9.17, 15) is 5.11 Å². The van der Waals surface area contributed by atoms with Crippen molar-refractivity contribution in [3.63, 3.8) is 0 Å². The Labute approximate surface area is 102 Å². The average molecular weight is 238 g/mol. The third kappa shape index (κ3) is 1.99. The van der Waals surface area contributed by atoms with Crippen LogP contribution >= 0.6 is 0 Å². The number of rotatable bonds is 4. The van der Waals surface area contributed by atoms with Gasteiger partial charge in [-0.1, -0.05) is 0 Å². The van der Waals surface area contributed by atoms with E-state index in [1.807, 2.05) is 11.6 Å². The molecule has 4 N–H and O–H groups in total. The molecule has 5 nitrogen and oxygen atoms in total. The van der Waals surface area contributed by atoms with Crippen molar-refractivity contribution in [3.05, 3.63) is 5.69 Å². The quantitative estimate of drug-likeness (QED) is 0.746. The van der Waals surface area contributed by atoms with Gasteiger partial charge in [-0.05, 0) is 40.0 Å². The summed E-state index contributed by atoms with van der Waals surface area (Å²) in [7, 11) is 0. The minimum Gasteiger partial charge on any atom is -0.394 e. The first-order chi connectivity index (χ1) is 7.99. The van der Waals surface area contributed by atoms with Gasteiger partial charge in [0.1, 0.15) is 5.82 Å². The second kappa shape index (κ2) is 4.22. The first-order valence-corrected chi connectivity index (χ1v) is 6.23. The highest BCUT2D eigenvalue weighted by Gasteiger charge is 2.37. The van der Waals surface area contributed by atoms with Crippen LogP contribution < -0.4 is 11.1 Å². The van der Waals surface area contributed by atoms with Gasteiger partial charge in [-0.3, -0.25) is 0 Å². The Morgan fingerprint density at radius 2 is 2.18 bits per heavy atom. The third-order valence-electron chi connectivity index (χ3n) is 3.62. The topological polar surface area (TPSA) is 76.1 Å². The van der Waals surface area contributed by atoms with Gasteiger partial charge < -0.3 is 16.2 Å². The molecule has 0 amide bonds. The summed E-state index contributed by atoms with van der Waals surface area (Å²) in [6, 6.07) is 0.254. The molecular formula is C12H22N4O. The molecule has 5 heteroatoms. The molecule has 0 aliphatic heterocycles. The minimum absolute atomic E-state index is 0.148. The zero-order valence-electron chi connectivity index (χ0n) is 10.8. The lowest BCUT2D eigenvalue weighted by Crippen LogP contribution is -2.49. The van der Waals surface area contributed by atoms with Crippen molar-refractivity contribution in [1.82, 2.24) is 9.78 Å². The van der Waals surface area contributed by atoms with Crippen LogP contribution in [0.4, 0.5) is 11.5 Å². The zero-order chi connectivity index (χ0) is 12.6. The molecule has 1 fully saturated rings. The zero-order valence-corrected chi connectivity index (χ0v) is 10.8. The van der Waals surface area contributed by atoms with E-state index >= 15 is 0 Å². The molecule has 1 aliphatic rings. The number of nitrogen functional groups attached to an aromatic ring is 1. The van der Waals surface area contributed by atoms with Crippen LogP contribution in [0.5, 0.6) is 0 Å². The van der Waals surface area contributed by atoms with Crippen molar-refractivity contribution in [3.8, 4) is 0 Å². The van der Waals surface area contributed by atoms with E-state index in [1.54, 1.807) is 0 Å². The molecule has 1 aromatic heterocycles. The number of aliphatic hydroxyl groups is 1. The molecule has 0 atom stereocenters. The molecular weight excluding hydrogens is 216 g/mol. The van der Waals surface area contributed by atoms with Crippen molar-refractivity contribution in [1.29, 1.82) is 0 Å². The number of nitrogens with one attached hydrogen (secondary N) is 1. The maximum absolute atomic E-state index is 9.49. The van der Waals surface area contributed by atoms with Crippen LogP contribution in [-0.4, -0.2) is 27.0 Å². The number of aryl methyl sites for hydroxylation is 1. The number of aromatic nitrogens is 2. The molecule has 0 saturated heterocycles. The number of nitrogens with zero attached hydrogens (tertiary/aromatic N) is 2. The van der Waals surface area contributed by atoms with Crippen molar-refractivity contribution in [2.24, 2.45) is 0 Å². The minimum atomic E-state index is -0.187. The third-order valence-corrected chi connectivity index (χ3v) is 3.62. The van der Waals surface area contributed by atoms with Crippen molar-refractivity contribution in [2.45, 2.75) is 51.6 Å². The largest absolute Gasteiger partial charge is 0.394 e. The summed E-state index contributed by atoms with van der Waals surface area (Å²) in [6.45, 7) is 6.20. The highest BCUT2D eigenvalue weighted by molar-refractivity contribution is 5.66. The maximum Gasteiger partial charge on any atom is 0.148 e. The fourth-order valence-electron chi connectivity index (χ4n) is 2.24. The lowest BCUT2D eigenvalue weighted by molar-refractivity contribution is 0.143. The molecule has 0 bridgehead atoms. The van der Waals surface area contributed by atoms with E-state index in [0.29, 0.717) is 5.69 Å². The van der Waals surface area contributed by atoms with E-state index in [1.165, 1.54) is 0 Å². The number of aliphatic hydroxyl groups excluding tert-OH is 1. The number of anilines is 2. The Morgan fingerprint density at radius 1 is 1.53 bits per heavy atom. The summed E-state index contributed by atoms with van der Waals surface area (Å²) >= 11 is 0. The summed E-state index contributed by atoms with van der Waals surface area (Å²) in [4.78, 5) is 0. The average Bonchev–Trinajstić information content (AvgIpc) is 2.51. The van der Waals surface area contributed by atoms with Gasteiger partial charge in [-0.2, -0.15) is 5.10 Å². The molecule has 1 saturated carbocycles. The maximum atomic E-state index is 9.49. The Balaban J connectivity index is 2.31. The summed E-state index contributed by atoms with van der Waals surface area (Å²) in [6.07, 6.45) is 3.14. The fraction of sp³-hybridized carbons (Fsp3) is 0.750. The standard InChI is InChI=1S/C12H22N4O/c1-8(2)16-11(10(13)9(3)15-16)14-12(7-17)5-4-6-12/h8,14,17H,4-7,13H2,1-3H3. The Hall–Kier alpha value is -1.23. The Kier molecular flexibility index (Phi) is 3.03. The van der Waals surface area contributed by atoms with Gasteiger partial charge in [-0.25, -0.2) is 4.68 Å². The van der Waals surface area contributed by atoms with Gasteiger partial charge in [0.15, 0.2) is 0 Å². The molecule has 0 spiro atoms. The molecule has 0 unspecified atom stereocenters. The smallest absolute Gasteiger partial charge is 0.148 e. The van der Waals surface area contributed by atoms with Crippen LogP contribution in [-0.2, 0) is 0 Å². The van der Waals surface area contributed by atoms with Crippen LogP contribution in [0.1, 0.15) is 44.8 Å². The van der Waals surface area contributed by atoms with Crippen LogP contribution in [0.2, 0.25) is 0 Å². The molecule has 17 heavy (non-hydrogen) atoms. The van der Waals surface area contributed by atoms with Crippen LogP contribution in [0.25, 0.3) is 0 Å². The molecule has 0 radical (unpaired) electrons. The van der Waals surface area contributed by atoms with E-state index in [2.05, 4.69) is 24.3 Å². The van der Waals surface area contributed by atoms with E-state index in [4.69, 9.17) is 5.73 Å². The molecule has 1 heterocycles. The van der Waals surface area contributed by atoms with Gasteiger partial charge in [0.25, 0.3) is 0 Å². The van der Waals surface area contributed by atoms with Crippen LogP contribution in [0, 0.1) is 6.92 Å². The monoisotopic (exact) mass is 238 g/mol. The van der Waals surface area contributed by atoms with Crippen molar-refractivity contribution < 1.29 is 5.11 Å². The summed E-state index contributed by atoms with van der Waals surface area (Å²) < 4.78 is 1.90. The second-order valence-corrected chi connectivity index (χ2v) is 5.30. The first-order valence-electron chi connectivity index (χ1n) is 6.23. The van der Waals surface area contributed by atoms with Gasteiger partial charge in [0.05, 0.1) is 23.5 Å². The summed E-state index contributed by atoms with van der Waals surface area (Å²) in [5.74, 6) is 0.853. The predicted octanol–water partition coefficient (Wildman–Crippen LogP) is 1.68. The molecule has 1 aromatic rings. The fourth-order valence-corrected chi connectivity index (χ4v) is 2.24. The highest BCUT2D eigenvalue weighted by atomic mass is 16.3. The van der Waals surface area contributed by atoms with Gasteiger partial charge in [-0.15, -0.1) is 0 Å². The second-order valence-electron chi connectivity index (χ2n) is 5.30. The Bertz CT molecular complexity index is 401. The SMILES string of the molecule is Cc1nn(C(C)C)c(NC2(CO)CCC2)c1N. The molecule has 1 aliphatic carbocycles. The van der Waals surface area contributed by atoms with Crippen molar-refractivity contribution >= 4 is 11.5 Å². The van der Waals surface area contributed by atoms with Gasteiger partial charge >= 0.3 is 0 Å². The van der Waals surface area contributed by atoms with Gasteiger partial charge in [0, 0.05) is 6.04 Å². The summed E-state index contributed by atoms with van der Waals surface area (Å²) in [5, 5.41) is 17.3.